The maximum Gasteiger partial charge on any atom is 0.250 e. The van der Waals surface area contributed by atoms with Gasteiger partial charge < -0.3 is 10.1 Å². The minimum Gasteiger partial charge on any atom is -0.497 e. The van der Waals surface area contributed by atoms with E-state index >= 15 is 0 Å². The van der Waals surface area contributed by atoms with Gasteiger partial charge in [-0.15, -0.1) is 0 Å². The largest absolute Gasteiger partial charge is 0.497 e. The number of aryl methyl sites for hydroxylation is 2. The summed E-state index contributed by atoms with van der Waals surface area (Å²) in [6, 6.07) is 13.5. The van der Waals surface area contributed by atoms with E-state index in [2.05, 4.69) is 17.6 Å². The molecule has 2 N–H and O–H groups in total. The summed E-state index contributed by atoms with van der Waals surface area (Å²) in [4.78, 5) is 12.0. The highest BCUT2D eigenvalue weighted by Gasteiger charge is 2.07. The molecule has 0 fully saturated rings. The lowest BCUT2D eigenvalue weighted by atomic mass is 10.1. The Balaban J connectivity index is 1.96. The molecule has 5 heteroatoms. The van der Waals surface area contributed by atoms with Gasteiger partial charge in [-0.1, -0.05) is 37.3 Å². The van der Waals surface area contributed by atoms with E-state index in [1.165, 1.54) is 6.08 Å². The minimum absolute atomic E-state index is 0.278. The molecule has 0 atom stereocenters. The van der Waals surface area contributed by atoms with Crippen molar-refractivity contribution in [1.29, 1.82) is 0 Å². The monoisotopic (exact) mass is 354 g/mol. The van der Waals surface area contributed by atoms with Crippen LogP contribution in [0.2, 0.25) is 0 Å². The molecule has 2 rings (SSSR count). The number of carbonyl (C=O) groups excluding carboxylic acids is 1. The summed E-state index contributed by atoms with van der Waals surface area (Å²) in [5, 5.41) is 6.08. The Morgan fingerprint density at radius 2 is 1.92 bits per heavy atom. The van der Waals surface area contributed by atoms with Crippen molar-refractivity contribution in [3.05, 3.63) is 65.2 Å². The predicted octanol–water partition coefficient (Wildman–Crippen LogP) is 4.09. The third-order valence-corrected chi connectivity index (χ3v) is 3.96. The zero-order chi connectivity index (χ0) is 18.2. The van der Waals surface area contributed by atoms with Gasteiger partial charge in [-0.25, -0.2) is 0 Å². The molecule has 2 aromatic carbocycles. The molecule has 25 heavy (non-hydrogen) atoms. The van der Waals surface area contributed by atoms with Crippen LogP contribution in [0.5, 0.6) is 5.75 Å². The number of rotatable bonds is 5. The molecule has 0 radical (unpaired) electrons. The Morgan fingerprint density at radius 1 is 1.20 bits per heavy atom. The molecule has 0 aliphatic rings. The zero-order valence-electron chi connectivity index (χ0n) is 14.6. The maximum absolute atomic E-state index is 12.0. The second-order valence-electron chi connectivity index (χ2n) is 5.51. The molecule has 0 spiro atoms. The summed E-state index contributed by atoms with van der Waals surface area (Å²) in [6.07, 6.45) is 4.06. The molecule has 0 saturated carbocycles. The SMILES string of the molecule is CCc1cccc(C)c1NC(=S)NC(=O)/C=C/c1ccc(OC)cc1. The Kier molecular flexibility index (Phi) is 6.71. The normalized spacial score (nSPS) is 10.5. The van der Waals surface area contributed by atoms with Crippen LogP contribution in [0.25, 0.3) is 6.08 Å². The van der Waals surface area contributed by atoms with Gasteiger partial charge in [0.05, 0.1) is 7.11 Å². The molecule has 0 aliphatic heterocycles. The van der Waals surface area contributed by atoms with Crippen molar-refractivity contribution >= 4 is 35.0 Å². The third kappa shape index (κ3) is 5.43. The molecule has 130 valence electrons. The van der Waals surface area contributed by atoms with E-state index in [0.717, 1.165) is 34.5 Å². The number of thiocarbonyl (C=S) groups is 1. The number of amides is 1. The Hall–Kier alpha value is -2.66. The topological polar surface area (TPSA) is 50.4 Å². The van der Waals surface area contributed by atoms with Gasteiger partial charge in [-0.3, -0.25) is 10.1 Å². The van der Waals surface area contributed by atoms with Crippen molar-refractivity contribution in [3.8, 4) is 5.75 Å². The number of para-hydroxylation sites is 1. The molecule has 1 amide bonds. The molecule has 0 aliphatic carbocycles. The first-order valence-electron chi connectivity index (χ1n) is 8.06. The van der Waals surface area contributed by atoms with Crippen LogP contribution in [-0.4, -0.2) is 18.1 Å². The van der Waals surface area contributed by atoms with E-state index in [1.807, 2.05) is 49.4 Å². The lowest BCUT2D eigenvalue weighted by Crippen LogP contribution is -2.33. The number of hydrogen-bond acceptors (Lipinski definition) is 3. The first-order chi connectivity index (χ1) is 12.0. The summed E-state index contributed by atoms with van der Waals surface area (Å²) in [5.41, 5.74) is 4.10. The molecule has 0 saturated heterocycles. The quantitative estimate of drug-likeness (QED) is 0.627. The average molecular weight is 354 g/mol. The van der Waals surface area contributed by atoms with E-state index in [0.29, 0.717) is 0 Å². The highest BCUT2D eigenvalue weighted by Crippen LogP contribution is 2.20. The van der Waals surface area contributed by atoms with Crippen LogP contribution in [0.4, 0.5) is 5.69 Å². The maximum atomic E-state index is 12.0. The Morgan fingerprint density at radius 3 is 2.56 bits per heavy atom. The summed E-state index contributed by atoms with van der Waals surface area (Å²) in [7, 11) is 1.62. The summed E-state index contributed by atoms with van der Waals surface area (Å²) in [5.74, 6) is 0.497. The van der Waals surface area contributed by atoms with Crippen LogP contribution >= 0.6 is 12.2 Å². The Labute approximate surface area is 153 Å². The minimum atomic E-state index is -0.278. The number of anilines is 1. The van der Waals surface area contributed by atoms with Gasteiger partial charge in [0.2, 0.25) is 5.91 Å². The van der Waals surface area contributed by atoms with Crippen LogP contribution in [-0.2, 0) is 11.2 Å². The molecule has 0 heterocycles. The molecule has 0 unspecified atom stereocenters. The van der Waals surface area contributed by atoms with E-state index in [1.54, 1.807) is 13.2 Å². The van der Waals surface area contributed by atoms with E-state index in [4.69, 9.17) is 17.0 Å². The second kappa shape index (κ2) is 8.99. The molecule has 4 nitrogen and oxygen atoms in total. The lowest BCUT2D eigenvalue weighted by Gasteiger charge is -2.14. The summed E-state index contributed by atoms with van der Waals surface area (Å²) < 4.78 is 5.10. The van der Waals surface area contributed by atoms with E-state index in [9.17, 15) is 4.79 Å². The second-order valence-corrected chi connectivity index (χ2v) is 5.92. The van der Waals surface area contributed by atoms with Crippen molar-refractivity contribution in [1.82, 2.24) is 5.32 Å². The number of methoxy groups -OCH3 is 1. The highest BCUT2D eigenvalue weighted by molar-refractivity contribution is 7.80. The van der Waals surface area contributed by atoms with Gasteiger partial charge in [0.25, 0.3) is 0 Å². The van der Waals surface area contributed by atoms with Gasteiger partial charge >= 0.3 is 0 Å². The van der Waals surface area contributed by atoms with Crippen LogP contribution in [0.3, 0.4) is 0 Å². The first-order valence-corrected chi connectivity index (χ1v) is 8.47. The van der Waals surface area contributed by atoms with Crippen LogP contribution in [0.15, 0.2) is 48.5 Å². The first kappa shape index (κ1) is 18.7. The summed E-state index contributed by atoms with van der Waals surface area (Å²) in [6.45, 7) is 4.09. The Bertz CT molecular complexity index is 783. The number of benzene rings is 2. The molecule has 0 bridgehead atoms. The van der Waals surface area contributed by atoms with Crippen LogP contribution < -0.4 is 15.4 Å². The van der Waals surface area contributed by atoms with Crippen molar-refractivity contribution in [2.24, 2.45) is 0 Å². The van der Waals surface area contributed by atoms with Crippen molar-refractivity contribution in [3.63, 3.8) is 0 Å². The molecular formula is C20H22N2O2S. The van der Waals surface area contributed by atoms with Crippen molar-refractivity contribution < 1.29 is 9.53 Å². The van der Waals surface area contributed by atoms with E-state index in [-0.39, 0.29) is 11.0 Å². The molecule has 2 aromatic rings. The summed E-state index contributed by atoms with van der Waals surface area (Å²) >= 11 is 5.25. The number of hydrogen-bond donors (Lipinski definition) is 2. The highest BCUT2D eigenvalue weighted by atomic mass is 32.1. The van der Waals surface area contributed by atoms with Gasteiger partial charge in [0.15, 0.2) is 5.11 Å². The fourth-order valence-electron chi connectivity index (χ4n) is 2.39. The number of ether oxygens (including phenoxy) is 1. The standard InChI is InChI=1S/C20H22N2O2S/c1-4-16-7-5-6-14(2)19(16)22-20(25)21-18(23)13-10-15-8-11-17(24-3)12-9-15/h5-13H,4H2,1-3H3,(H2,21,22,23,25)/b13-10+. The average Bonchev–Trinajstić information content (AvgIpc) is 2.62. The van der Waals surface area contributed by atoms with Crippen LogP contribution in [0.1, 0.15) is 23.6 Å². The van der Waals surface area contributed by atoms with Crippen LogP contribution in [0, 0.1) is 6.92 Å². The number of carbonyl (C=O) groups is 1. The zero-order valence-corrected chi connectivity index (χ0v) is 15.4. The van der Waals surface area contributed by atoms with E-state index < -0.39 is 0 Å². The third-order valence-electron chi connectivity index (χ3n) is 3.76. The van der Waals surface area contributed by atoms with Gasteiger partial charge in [-0.05, 0) is 60.5 Å². The number of nitrogens with one attached hydrogen (secondary N) is 2. The molecular weight excluding hydrogens is 332 g/mol. The smallest absolute Gasteiger partial charge is 0.250 e. The van der Waals surface area contributed by atoms with Gasteiger partial charge in [0.1, 0.15) is 5.75 Å². The van der Waals surface area contributed by atoms with Gasteiger partial charge in [0, 0.05) is 11.8 Å². The molecule has 0 aromatic heterocycles. The predicted molar refractivity (Wildman–Crippen MR) is 107 cm³/mol. The fraction of sp³-hybridized carbons (Fsp3) is 0.200. The van der Waals surface area contributed by atoms with Crippen molar-refractivity contribution in [2.45, 2.75) is 20.3 Å². The fourth-order valence-corrected chi connectivity index (χ4v) is 2.59. The van der Waals surface area contributed by atoms with Gasteiger partial charge in [-0.2, -0.15) is 0 Å². The lowest BCUT2D eigenvalue weighted by molar-refractivity contribution is -0.115. The van der Waals surface area contributed by atoms with Crippen molar-refractivity contribution in [2.75, 3.05) is 12.4 Å².